The lowest BCUT2D eigenvalue weighted by Crippen LogP contribution is -2.12. The summed E-state index contributed by atoms with van der Waals surface area (Å²) in [6, 6.07) is 0. The smallest absolute Gasteiger partial charge is 0.0652 e. The fourth-order valence-electron chi connectivity index (χ4n) is 2.29. The summed E-state index contributed by atoms with van der Waals surface area (Å²) >= 11 is 0. The molecule has 0 amide bonds. The van der Waals surface area contributed by atoms with E-state index in [2.05, 4.69) is 11.8 Å². The molecule has 1 aliphatic carbocycles. The summed E-state index contributed by atoms with van der Waals surface area (Å²) < 4.78 is 0. The van der Waals surface area contributed by atoms with E-state index in [9.17, 15) is 5.11 Å². The molecule has 0 aliphatic heterocycles. The Labute approximate surface area is 87.9 Å². The number of hydrogen-bond donors (Lipinski definition) is 1. The van der Waals surface area contributed by atoms with Crippen LogP contribution < -0.4 is 0 Å². The Balaban J connectivity index is 2.22. The number of rotatable bonds is 3. The molecule has 1 rings (SSSR count). The van der Waals surface area contributed by atoms with E-state index < -0.39 is 0 Å². The number of aliphatic hydroxyl groups excluding tert-OH is 1. The van der Waals surface area contributed by atoms with Crippen molar-refractivity contribution in [1.82, 2.24) is 0 Å². The lowest BCUT2D eigenvalue weighted by atomic mass is 9.93. The molecule has 1 unspecified atom stereocenters. The minimum Gasteiger partial charge on any atom is -0.392 e. The molecule has 1 fully saturated rings. The van der Waals surface area contributed by atoms with Crippen LogP contribution in [0.2, 0.25) is 0 Å². The predicted molar refractivity (Wildman–Crippen MR) is 59.9 cm³/mol. The normalized spacial score (nSPS) is 20.7. The van der Waals surface area contributed by atoms with Gasteiger partial charge in [-0.2, -0.15) is 0 Å². The molecule has 0 spiro atoms. The summed E-state index contributed by atoms with van der Waals surface area (Å²) in [6.07, 6.45) is 9.57. The topological polar surface area (TPSA) is 20.2 Å². The van der Waals surface area contributed by atoms with Gasteiger partial charge in [0.25, 0.3) is 0 Å². The van der Waals surface area contributed by atoms with Crippen LogP contribution in [-0.4, -0.2) is 11.2 Å². The molecule has 0 aromatic carbocycles. The van der Waals surface area contributed by atoms with E-state index in [0.29, 0.717) is 6.42 Å². The molecule has 0 heterocycles. The Morgan fingerprint density at radius 3 is 2.43 bits per heavy atom. The highest BCUT2D eigenvalue weighted by molar-refractivity contribution is 4.96. The van der Waals surface area contributed by atoms with Gasteiger partial charge >= 0.3 is 0 Å². The van der Waals surface area contributed by atoms with Crippen LogP contribution in [0.25, 0.3) is 0 Å². The van der Waals surface area contributed by atoms with E-state index in [1.54, 1.807) is 0 Å². The first-order valence-electron chi connectivity index (χ1n) is 5.90. The summed E-state index contributed by atoms with van der Waals surface area (Å²) in [5.74, 6) is 6.55. The SMILES string of the molecule is CC#CCC(O)CC1CCCCCC1. The van der Waals surface area contributed by atoms with Gasteiger partial charge in [-0.05, 0) is 19.3 Å². The Morgan fingerprint density at radius 2 is 1.86 bits per heavy atom. The molecule has 1 aliphatic rings. The molecule has 1 saturated carbocycles. The van der Waals surface area contributed by atoms with Crippen LogP contribution in [0.5, 0.6) is 0 Å². The van der Waals surface area contributed by atoms with Gasteiger partial charge in [-0.3, -0.25) is 0 Å². The fourth-order valence-corrected chi connectivity index (χ4v) is 2.29. The van der Waals surface area contributed by atoms with Crippen molar-refractivity contribution in [2.24, 2.45) is 5.92 Å². The zero-order chi connectivity index (χ0) is 10.2. The van der Waals surface area contributed by atoms with Crippen LogP contribution in [0.1, 0.15) is 58.3 Å². The highest BCUT2D eigenvalue weighted by atomic mass is 16.3. The minimum absolute atomic E-state index is 0.189. The van der Waals surface area contributed by atoms with Crippen molar-refractivity contribution in [2.75, 3.05) is 0 Å². The van der Waals surface area contributed by atoms with Gasteiger partial charge in [0.1, 0.15) is 0 Å². The summed E-state index contributed by atoms with van der Waals surface area (Å²) in [6.45, 7) is 1.83. The van der Waals surface area contributed by atoms with Gasteiger partial charge in [0.2, 0.25) is 0 Å². The quantitative estimate of drug-likeness (QED) is 0.540. The van der Waals surface area contributed by atoms with E-state index in [0.717, 1.165) is 12.3 Å². The van der Waals surface area contributed by atoms with Crippen molar-refractivity contribution in [3.63, 3.8) is 0 Å². The van der Waals surface area contributed by atoms with Crippen LogP contribution in [0.3, 0.4) is 0 Å². The van der Waals surface area contributed by atoms with Crippen LogP contribution >= 0.6 is 0 Å². The van der Waals surface area contributed by atoms with E-state index in [4.69, 9.17) is 0 Å². The van der Waals surface area contributed by atoms with Crippen molar-refractivity contribution < 1.29 is 5.11 Å². The van der Waals surface area contributed by atoms with Crippen LogP contribution in [0, 0.1) is 17.8 Å². The maximum atomic E-state index is 9.72. The lowest BCUT2D eigenvalue weighted by molar-refractivity contribution is 0.142. The molecule has 80 valence electrons. The molecular formula is C13H22O. The molecule has 1 heteroatoms. The first-order valence-corrected chi connectivity index (χ1v) is 5.90. The van der Waals surface area contributed by atoms with Crippen molar-refractivity contribution in [2.45, 2.75) is 64.4 Å². The molecule has 0 radical (unpaired) electrons. The summed E-state index contributed by atoms with van der Waals surface area (Å²) in [5.41, 5.74) is 0. The van der Waals surface area contributed by atoms with Crippen molar-refractivity contribution in [1.29, 1.82) is 0 Å². The van der Waals surface area contributed by atoms with Crippen molar-refractivity contribution in [3.05, 3.63) is 0 Å². The van der Waals surface area contributed by atoms with Gasteiger partial charge in [0.15, 0.2) is 0 Å². The molecular weight excluding hydrogens is 172 g/mol. The standard InChI is InChI=1S/C13H22O/c1-2-3-10-13(14)11-12-8-6-4-5-7-9-12/h12-14H,4-11H2,1H3. The van der Waals surface area contributed by atoms with Gasteiger partial charge < -0.3 is 5.11 Å². The van der Waals surface area contributed by atoms with E-state index in [1.807, 2.05) is 6.92 Å². The third-order valence-corrected chi connectivity index (χ3v) is 3.09. The second kappa shape index (κ2) is 6.90. The molecule has 1 nitrogen and oxygen atoms in total. The summed E-state index contributed by atoms with van der Waals surface area (Å²) in [4.78, 5) is 0. The van der Waals surface area contributed by atoms with Crippen LogP contribution in [-0.2, 0) is 0 Å². The molecule has 0 aromatic rings. The Bertz CT molecular complexity index is 191. The largest absolute Gasteiger partial charge is 0.392 e. The molecule has 1 atom stereocenters. The molecule has 0 bridgehead atoms. The average Bonchev–Trinajstić information content (AvgIpc) is 2.43. The fraction of sp³-hybridized carbons (Fsp3) is 0.846. The maximum absolute atomic E-state index is 9.72. The highest BCUT2D eigenvalue weighted by Crippen LogP contribution is 2.26. The van der Waals surface area contributed by atoms with Gasteiger partial charge in [0, 0.05) is 6.42 Å². The minimum atomic E-state index is -0.189. The monoisotopic (exact) mass is 194 g/mol. The second-order valence-corrected chi connectivity index (χ2v) is 4.38. The summed E-state index contributed by atoms with van der Waals surface area (Å²) in [5, 5.41) is 9.72. The second-order valence-electron chi connectivity index (χ2n) is 4.38. The first-order chi connectivity index (χ1) is 6.83. The Morgan fingerprint density at radius 1 is 1.21 bits per heavy atom. The molecule has 1 N–H and O–H groups in total. The lowest BCUT2D eigenvalue weighted by Gasteiger charge is -2.16. The molecule has 14 heavy (non-hydrogen) atoms. The number of hydrogen-bond acceptors (Lipinski definition) is 1. The zero-order valence-corrected chi connectivity index (χ0v) is 9.26. The summed E-state index contributed by atoms with van der Waals surface area (Å²) in [7, 11) is 0. The van der Waals surface area contributed by atoms with E-state index in [1.165, 1.54) is 38.5 Å². The third-order valence-electron chi connectivity index (χ3n) is 3.09. The van der Waals surface area contributed by atoms with Crippen molar-refractivity contribution >= 4 is 0 Å². The first kappa shape index (κ1) is 11.6. The maximum Gasteiger partial charge on any atom is 0.0652 e. The predicted octanol–water partition coefficient (Wildman–Crippen LogP) is 3.12. The highest BCUT2D eigenvalue weighted by Gasteiger charge is 2.15. The van der Waals surface area contributed by atoms with Gasteiger partial charge in [-0.1, -0.05) is 38.5 Å². The van der Waals surface area contributed by atoms with Crippen LogP contribution in [0.4, 0.5) is 0 Å². The molecule has 0 aromatic heterocycles. The van der Waals surface area contributed by atoms with Gasteiger partial charge in [0.05, 0.1) is 6.10 Å². The van der Waals surface area contributed by atoms with Crippen molar-refractivity contribution in [3.8, 4) is 11.8 Å². The van der Waals surface area contributed by atoms with Crippen LogP contribution in [0.15, 0.2) is 0 Å². The van der Waals surface area contributed by atoms with E-state index >= 15 is 0 Å². The van der Waals surface area contributed by atoms with E-state index in [-0.39, 0.29) is 6.10 Å². The third kappa shape index (κ3) is 4.67. The van der Waals surface area contributed by atoms with Gasteiger partial charge in [-0.25, -0.2) is 0 Å². The van der Waals surface area contributed by atoms with Gasteiger partial charge in [-0.15, -0.1) is 11.8 Å². The Kier molecular flexibility index (Phi) is 5.71. The molecule has 0 saturated heterocycles. The Hall–Kier alpha value is -0.480. The number of aliphatic hydroxyl groups is 1. The average molecular weight is 194 g/mol. The zero-order valence-electron chi connectivity index (χ0n) is 9.26.